The zero-order valence-corrected chi connectivity index (χ0v) is 20.4. The molecule has 176 valence electrons. The summed E-state index contributed by atoms with van der Waals surface area (Å²) in [4.78, 5) is 19.9. The van der Waals surface area contributed by atoms with Crippen molar-refractivity contribution in [1.82, 2.24) is 9.55 Å². The predicted molar refractivity (Wildman–Crippen MR) is 138 cm³/mol. The second kappa shape index (κ2) is 11.5. The lowest BCUT2D eigenvalue weighted by molar-refractivity contribution is -0.117. The average Bonchev–Trinajstić information content (AvgIpc) is 3.39. The molecule has 4 nitrogen and oxygen atoms in total. The maximum Gasteiger partial charge on any atom is 0.227 e. The Kier molecular flexibility index (Phi) is 8.20. The van der Waals surface area contributed by atoms with E-state index in [9.17, 15) is 4.79 Å². The summed E-state index contributed by atoms with van der Waals surface area (Å²) in [6.07, 6.45) is 12.5. The summed E-state index contributed by atoms with van der Waals surface area (Å²) in [5.74, 6) is 1.43. The summed E-state index contributed by atoms with van der Waals surface area (Å²) in [5, 5.41) is 0. The Hall–Kier alpha value is -2.62. The van der Waals surface area contributed by atoms with Crippen molar-refractivity contribution in [2.24, 2.45) is 0 Å². The van der Waals surface area contributed by atoms with Crippen LogP contribution < -0.4 is 4.90 Å². The smallest absolute Gasteiger partial charge is 0.227 e. The molecule has 1 amide bonds. The molecule has 1 aliphatic rings. The van der Waals surface area contributed by atoms with Crippen LogP contribution in [0.15, 0.2) is 48.5 Å². The number of nitrogens with zero attached hydrogens (tertiary/aromatic N) is 3. The first-order valence-corrected chi connectivity index (χ1v) is 13.0. The van der Waals surface area contributed by atoms with Crippen LogP contribution in [0.2, 0.25) is 0 Å². The minimum absolute atomic E-state index is 0.142. The van der Waals surface area contributed by atoms with Crippen LogP contribution in [0.25, 0.3) is 11.0 Å². The third kappa shape index (κ3) is 5.66. The van der Waals surface area contributed by atoms with Crippen molar-refractivity contribution in [3.8, 4) is 0 Å². The normalized spacial score (nSPS) is 16.2. The average molecular weight is 446 g/mol. The lowest BCUT2D eigenvalue weighted by Gasteiger charge is -2.19. The van der Waals surface area contributed by atoms with E-state index in [1.165, 1.54) is 63.3 Å². The van der Waals surface area contributed by atoms with Gasteiger partial charge in [0.15, 0.2) is 0 Å². The molecule has 0 spiro atoms. The van der Waals surface area contributed by atoms with Crippen LogP contribution in [-0.4, -0.2) is 22.0 Å². The molecule has 0 unspecified atom stereocenters. The zero-order chi connectivity index (χ0) is 23.0. The van der Waals surface area contributed by atoms with Crippen molar-refractivity contribution < 1.29 is 4.79 Å². The van der Waals surface area contributed by atoms with Crippen LogP contribution in [-0.2, 0) is 11.3 Å². The number of amides is 1. The molecule has 1 fully saturated rings. The molecule has 0 aliphatic carbocycles. The van der Waals surface area contributed by atoms with E-state index in [-0.39, 0.29) is 11.8 Å². The number of para-hydroxylation sites is 3. The van der Waals surface area contributed by atoms with Gasteiger partial charge in [0, 0.05) is 31.1 Å². The number of carbonyl (C=O) groups is 1. The highest BCUT2D eigenvalue weighted by atomic mass is 16.2. The summed E-state index contributed by atoms with van der Waals surface area (Å²) in [6, 6.07) is 16.6. The van der Waals surface area contributed by atoms with Gasteiger partial charge in [0.05, 0.1) is 11.0 Å². The van der Waals surface area contributed by atoms with E-state index in [1.54, 1.807) is 0 Å². The molecule has 0 N–H and O–H groups in total. The number of rotatable bonds is 12. The predicted octanol–water partition coefficient (Wildman–Crippen LogP) is 7.40. The van der Waals surface area contributed by atoms with Gasteiger partial charge in [-0.2, -0.15) is 0 Å². The van der Waals surface area contributed by atoms with Gasteiger partial charge in [0.25, 0.3) is 0 Å². The minimum Gasteiger partial charge on any atom is -0.328 e. The van der Waals surface area contributed by atoms with Crippen LogP contribution in [0.3, 0.4) is 0 Å². The molecule has 2 heterocycles. The Balaban J connectivity index is 1.41. The van der Waals surface area contributed by atoms with Crippen molar-refractivity contribution in [1.29, 1.82) is 0 Å². The maximum atomic E-state index is 13.0. The van der Waals surface area contributed by atoms with Gasteiger partial charge in [0.2, 0.25) is 5.91 Å². The van der Waals surface area contributed by atoms with Gasteiger partial charge < -0.3 is 9.47 Å². The number of anilines is 1. The van der Waals surface area contributed by atoms with E-state index in [0.29, 0.717) is 13.0 Å². The van der Waals surface area contributed by atoms with Gasteiger partial charge in [-0.05, 0) is 37.1 Å². The molecule has 1 saturated heterocycles. The standard InChI is InChI=1S/C29H39N3O/c1-3-4-5-6-7-8-9-10-15-20-31-27-19-14-12-17-25(27)30-29(31)24-21-28(33)32(22-24)26-18-13-11-16-23(26)2/h11-14,16-19,24H,3-10,15,20-22H2,1-2H3/t24-/m0/s1. The Morgan fingerprint density at radius 3 is 2.30 bits per heavy atom. The molecule has 4 heteroatoms. The number of benzene rings is 2. The lowest BCUT2D eigenvalue weighted by Crippen LogP contribution is -2.25. The van der Waals surface area contributed by atoms with Crippen molar-refractivity contribution >= 4 is 22.6 Å². The fraction of sp³-hybridized carbons (Fsp3) is 0.517. The SMILES string of the molecule is CCCCCCCCCCCn1c([C@H]2CC(=O)N(c3ccccc3C)C2)nc2ccccc21. The molecule has 0 saturated carbocycles. The van der Waals surface area contributed by atoms with Crippen LogP contribution in [0, 0.1) is 6.92 Å². The molecular formula is C29H39N3O. The molecule has 33 heavy (non-hydrogen) atoms. The maximum absolute atomic E-state index is 13.0. The van der Waals surface area contributed by atoms with Gasteiger partial charge in [-0.15, -0.1) is 0 Å². The first-order chi connectivity index (χ1) is 16.2. The van der Waals surface area contributed by atoms with Gasteiger partial charge >= 0.3 is 0 Å². The van der Waals surface area contributed by atoms with E-state index in [2.05, 4.69) is 54.8 Å². The highest BCUT2D eigenvalue weighted by Crippen LogP contribution is 2.34. The second-order valence-corrected chi connectivity index (χ2v) is 9.63. The van der Waals surface area contributed by atoms with Gasteiger partial charge in [-0.3, -0.25) is 4.79 Å². The zero-order valence-electron chi connectivity index (χ0n) is 20.4. The Bertz CT molecular complexity index is 1050. The summed E-state index contributed by atoms with van der Waals surface area (Å²) in [6.45, 7) is 6.05. The summed E-state index contributed by atoms with van der Waals surface area (Å²) < 4.78 is 2.40. The molecule has 1 atom stereocenters. The van der Waals surface area contributed by atoms with E-state index in [1.807, 2.05) is 17.0 Å². The number of carbonyl (C=O) groups excluding carboxylic acids is 1. The van der Waals surface area contributed by atoms with Gasteiger partial charge in [0.1, 0.15) is 5.82 Å². The Morgan fingerprint density at radius 1 is 0.879 bits per heavy atom. The number of aryl methyl sites for hydroxylation is 2. The Morgan fingerprint density at radius 2 is 1.55 bits per heavy atom. The van der Waals surface area contributed by atoms with Crippen molar-refractivity contribution in [2.45, 2.75) is 90.5 Å². The third-order valence-corrected chi connectivity index (χ3v) is 7.07. The van der Waals surface area contributed by atoms with Crippen LogP contribution in [0.5, 0.6) is 0 Å². The monoisotopic (exact) mass is 445 g/mol. The van der Waals surface area contributed by atoms with E-state index >= 15 is 0 Å². The fourth-order valence-corrected chi connectivity index (χ4v) is 5.20. The molecule has 0 bridgehead atoms. The van der Waals surface area contributed by atoms with Crippen LogP contribution >= 0.6 is 0 Å². The number of hydrogen-bond acceptors (Lipinski definition) is 2. The number of imidazole rings is 1. The van der Waals surface area contributed by atoms with E-state index in [0.717, 1.165) is 29.1 Å². The van der Waals surface area contributed by atoms with Crippen LogP contribution in [0.1, 0.15) is 88.4 Å². The number of hydrogen-bond donors (Lipinski definition) is 0. The largest absolute Gasteiger partial charge is 0.328 e. The summed E-state index contributed by atoms with van der Waals surface area (Å²) in [5.41, 5.74) is 4.43. The first kappa shape index (κ1) is 23.5. The van der Waals surface area contributed by atoms with Crippen LogP contribution in [0.4, 0.5) is 5.69 Å². The van der Waals surface area contributed by atoms with Gasteiger partial charge in [-0.1, -0.05) is 88.6 Å². The van der Waals surface area contributed by atoms with Gasteiger partial charge in [-0.25, -0.2) is 4.98 Å². The molecule has 0 radical (unpaired) electrons. The quantitative estimate of drug-likeness (QED) is 0.272. The summed E-state index contributed by atoms with van der Waals surface area (Å²) >= 11 is 0. The topological polar surface area (TPSA) is 38.1 Å². The van der Waals surface area contributed by atoms with E-state index in [4.69, 9.17) is 4.98 Å². The molecule has 1 aliphatic heterocycles. The van der Waals surface area contributed by atoms with E-state index < -0.39 is 0 Å². The third-order valence-electron chi connectivity index (χ3n) is 7.07. The number of aromatic nitrogens is 2. The minimum atomic E-state index is 0.142. The number of fused-ring (bicyclic) bond motifs is 1. The number of unbranched alkanes of at least 4 members (excludes halogenated alkanes) is 8. The second-order valence-electron chi connectivity index (χ2n) is 9.63. The highest BCUT2D eigenvalue weighted by molar-refractivity contribution is 5.97. The molecule has 2 aromatic carbocycles. The first-order valence-electron chi connectivity index (χ1n) is 13.0. The molecular weight excluding hydrogens is 406 g/mol. The fourth-order valence-electron chi connectivity index (χ4n) is 5.20. The molecule has 1 aromatic heterocycles. The van der Waals surface area contributed by atoms with Crippen molar-refractivity contribution in [3.05, 3.63) is 59.9 Å². The Labute approximate surface area is 199 Å². The molecule has 4 rings (SSSR count). The summed E-state index contributed by atoms with van der Waals surface area (Å²) in [7, 11) is 0. The lowest BCUT2D eigenvalue weighted by atomic mass is 10.1. The van der Waals surface area contributed by atoms with Crippen molar-refractivity contribution in [2.75, 3.05) is 11.4 Å². The highest BCUT2D eigenvalue weighted by Gasteiger charge is 2.35. The molecule has 3 aromatic rings. The van der Waals surface area contributed by atoms with Crippen molar-refractivity contribution in [3.63, 3.8) is 0 Å².